The number of aromatic nitrogens is 2. The number of nitrogens with one attached hydrogen (secondary N) is 1. The van der Waals surface area contributed by atoms with Gasteiger partial charge < -0.3 is 20.4 Å². The highest BCUT2D eigenvalue weighted by atomic mass is 19.4. The molecule has 1 aromatic heterocycles. The van der Waals surface area contributed by atoms with Crippen molar-refractivity contribution < 1.29 is 22.7 Å². The van der Waals surface area contributed by atoms with Crippen molar-refractivity contribution >= 4 is 28.6 Å². The van der Waals surface area contributed by atoms with E-state index in [0.717, 1.165) is 36.9 Å². The molecule has 1 heterocycles. The lowest BCUT2D eigenvalue weighted by molar-refractivity contribution is -0.137. The minimum atomic E-state index is -4.41. The Morgan fingerprint density at radius 1 is 1.21 bits per heavy atom. The number of fused-ring (bicyclic) bond motifs is 1. The number of alkyl halides is 3. The highest BCUT2D eigenvalue weighted by Gasteiger charge is 2.35. The molecule has 0 bridgehead atoms. The Morgan fingerprint density at radius 2 is 1.88 bits per heavy atom. The number of imidazole rings is 1. The molecule has 1 aliphatic carbocycles. The van der Waals surface area contributed by atoms with Crippen LogP contribution in [0.25, 0.3) is 11.0 Å². The number of rotatable bonds is 5. The molecule has 1 amide bonds. The highest BCUT2D eigenvalue weighted by molar-refractivity contribution is 6.00. The molecule has 0 saturated heterocycles. The molecule has 1 fully saturated rings. The van der Waals surface area contributed by atoms with Crippen molar-refractivity contribution in [3.05, 3.63) is 47.5 Å². The molecule has 6 nitrogen and oxygen atoms in total. The number of carbonyl (C=O) groups excluding carboxylic acids is 1. The zero-order chi connectivity index (χ0) is 24.8. The van der Waals surface area contributed by atoms with E-state index in [4.69, 9.17) is 15.5 Å². The number of anilines is 2. The van der Waals surface area contributed by atoms with Crippen LogP contribution in [0.2, 0.25) is 0 Å². The zero-order valence-electron chi connectivity index (χ0n) is 19.7. The van der Waals surface area contributed by atoms with Crippen LogP contribution < -0.4 is 15.8 Å². The van der Waals surface area contributed by atoms with Gasteiger partial charge in [-0.1, -0.05) is 20.8 Å². The molecule has 1 saturated carbocycles. The third-order valence-corrected chi connectivity index (χ3v) is 6.47. The maximum atomic E-state index is 13.0. The number of nitrogens with two attached hydrogens (primary N) is 1. The van der Waals surface area contributed by atoms with E-state index < -0.39 is 17.6 Å². The van der Waals surface area contributed by atoms with Gasteiger partial charge in [0.2, 0.25) is 5.95 Å². The summed E-state index contributed by atoms with van der Waals surface area (Å²) in [6.07, 6.45) is -1.47. The number of halogens is 3. The summed E-state index contributed by atoms with van der Waals surface area (Å²) >= 11 is 0. The van der Waals surface area contributed by atoms with Crippen molar-refractivity contribution in [2.24, 2.45) is 17.1 Å². The fourth-order valence-electron chi connectivity index (χ4n) is 5.31. The quantitative estimate of drug-likeness (QED) is 0.455. The number of benzene rings is 2. The lowest BCUT2D eigenvalue weighted by atomic mass is 9.70. The fourth-order valence-corrected chi connectivity index (χ4v) is 5.31. The third kappa shape index (κ3) is 4.69. The van der Waals surface area contributed by atoms with Gasteiger partial charge in [0.15, 0.2) is 0 Å². The second-order valence-electron chi connectivity index (χ2n) is 9.98. The summed E-state index contributed by atoms with van der Waals surface area (Å²) in [6, 6.07) is 8.30. The van der Waals surface area contributed by atoms with Crippen LogP contribution in [0.4, 0.5) is 24.8 Å². The van der Waals surface area contributed by atoms with E-state index in [1.165, 1.54) is 19.2 Å². The summed E-state index contributed by atoms with van der Waals surface area (Å²) in [5.41, 5.74) is 6.96. The number of primary amides is 1. The number of nitrogens with zero attached hydrogens (tertiary/aromatic N) is 2. The molecule has 1 aliphatic rings. The monoisotopic (exact) mass is 474 g/mol. The van der Waals surface area contributed by atoms with Crippen LogP contribution in [-0.4, -0.2) is 22.6 Å². The van der Waals surface area contributed by atoms with Gasteiger partial charge in [0.1, 0.15) is 5.75 Å². The van der Waals surface area contributed by atoms with E-state index in [1.54, 1.807) is 12.1 Å². The molecule has 9 heteroatoms. The number of carbonyl (C=O) groups is 1. The SMILES string of the molecule is COc1cc2c(cc1C(N)=O)nc(Nc1ccc(C(F)(F)F)cc1)n2[C@H]1C[C@@H](C)CC(C)(C)C1. The van der Waals surface area contributed by atoms with Gasteiger partial charge in [-0.3, -0.25) is 4.79 Å². The molecule has 34 heavy (non-hydrogen) atoms. The van der Waals surface area contributed by atoms with E-state index in [9.17, 15) is 18.0 Å². The first-order valence-electron chi connectivity index (χ1n) is 11.2. The van der Waals surface area contributed by atoms with Crippen LogP contribution in [-0.2, 0) is 6.18 Å². The topological polar surface area (TPSA) is 82.2 Å². The van der Waals surface area contributed by atoms with Gasteiger partial charge >= 0.3 is 6.18 Å². The van der Waals surface area contributed by atoms with Crippen LogP contribution in [0.1, 0.15) is 62.0 Å². The van der Waals surface area contributed by atoms with Crippen LogP contribution in [0.3, 0.4) is 0 Å². The molecule has 2 aromatic carbocycles. The number of ether oxygens (including phenoxy) is 1. The molecule has 3 aromatic rings. The molecule has 3 N–H and O–H groups in total. The Labute approximate surface area is 196 Å². The van der Waals surface area contributed by atoms with E-state index in [-0.39, 0.29) is 17.0 Å². The molecule has 2 atom stereocenters. The maximum absolute atomic E-state index is 13.0. The second kappa shape index (κ2) is 8.52. The summed E-state index contributed by atoms with van der Waals surface area (Å²) < 4.78 is 46.5. The van der Waals surface area contributed by atoms with Gasteiger partial charge in [-0.2, -0.15) is 13.2 Å². The van der Waals surface area contributed by atoms with E-state index >= 15 is 0 Å². The smallest absolute Gasteiger partial charge is 0.416 e. The van der Waals surface area contributed by atoms with Gasteiger partial charge in [-0.05, 0) is 60.9 Å². The molecule has 0 spiro atoms. The Balaban J connectivity index is 1.84. The predicted octanol–water partition coefficient (Wildman–Crippen LogP) is 6.29. The van der Waals surface area contributed by atoms with Crippen molar-refractivity contribution in [1.82, 2.24) is 9.55 Å². The summed E-state index contributed by atoms with van der Waals surface area (Å²) in [5.74, 6) is 0.702. The minimum absolute atomic E-state index is 0.102. The lowest BCUT2D eigenvalue weighted by Crippen LogP contribution is -2.29. The Kier molecular flexibility index (Phi) is 5.99. The predicted molar refractivity (Wildman–Crippen MR) is 125 cm³/mol. The summed E-state index contributed by atoms with van der Waals surface area (Å²) in [6.45, 7) is 6.70. The normalized spacial score (nSPS) is 20.3. The van der Waals surface area contributed by atoms with Gasteiger partial charge in [0, 0.05) is 17.8 Å². The van der Waals surface area contributed by atoms with Crippen LogP contribution in [0.5, 0.6) is 5.75 Å². The Hall–Kier alpha value is -3.23. The van der Waals surface area contributed by atoms with Crippen molar-refractivity contribution in [3.63, 3.8) is 0 Å². The van der Waals surface area contributed by atoms with Crippen molar-refractivity contribution in [2.75, 3.05) is 12.4 Å². The third-order valence-electron chi connectivity index (χ3n) is 6.47. The molecule has 182 valence electrons. The van der Waals surface area contributed by atoms with Crippen molar-refractivity contribution in [3.8, 4) is 5.75 Å². The minimum Gasteiger partial charge on any atom is -0.496 e. The van der Waals surface area contributed by atoms with Crippen LogP contribution in [0.15, 0.2) is 36.4 Å². The van der Waals surface area contributed by atoms with Gasteiger partial charge in [0.25, 0.3) is 5.91 Å². The molecule has 0 unspecified atom stereocenters. The number of amides is 1. The average molecular weight is 475 g/mol. The number of hydrogen-bond donors (Lipinski definition) is 2. The standard InChI is InChI=1S/C25H29F3N4O2/c1-14-9-17(13-24(2,3)12-14)32-20-11-21(34-4)18(22(29)33)10-19(20)31-23(32)30-16-7-5-15(6-8-16)25(26,27)28/h5-8,10-11,14,17H,9,12-13H2,1-4H3,(H2,29,33)(H,30,31)/t14-,17+/m1/s1. The van der Waals surface area contributed by atoms with E-state index in [2.05, 4.69) is 30.7 Å². The molecule has 0 aliphatic heterocycles. The summed E-state index contributed by atoms with van der Waals surface area (Å²) in [5, 5.41) is 3.19. The van der Waals surface area contributed by atoms with E-state index in [0.29, 0.717) is 28.8 Å². The number of hydrogen-bond acceptors (Lipinski definition) is 4. The van der Waals surface area contributed by atoms with Crippen molar-refractivity contribution in [2.45, 2.75) is 52.3 Å². The second-order valence-corrected chi connectivity index (χ2v) is 9.98. The highest BCUT2D eigenvalue weighted by Crippen LogP contribution is 2.46. The van der Waals surface area contributed by atoms with E-state index in [1.807, 2.05) is 0 Å². The van der Waals surface area contributed by atoms with Gasteiger partial charge in [0.05, 0.1) is 29.3 Å². The maximum Gasteiger partial charge on any atom is 0.416 e. The van der Waals surface area contributed by atoms with Gasteiger partial charge in [-0.25, -0.2) is 4.98 Å². The first-order chi connectivity index (χ1) is 15.9. The molecule has 0 radical (unpaired) electrons. The van der Waals surface area contributed by atoms with Crippen molar-refractivity contribution in [1.29, 1.82) is 0 Å². The Bertz CT molecular complexity index is 1220. The summed E-state index contributed by atoms with van der Waals surface area (Å²) in [4.78, 5) is 16.7. The molecular formula is C25H29F3N4O2. The lowest BCUT2D eigenvalue weighted by Gasteiger charge is -2.40. The van der Waals surface area contributed by atoms with Crippen LogP contribution in [0, 0.1) is 11.3 Å². The molecule has 4 rings (SSSR count). The zero-order valence-corrected chi connectivity index (χ0v) is 19.7. The fraction of sp³-hybridized carbons (Fsp3) is 0.440. The first-order valence-corrected chi connectivity index (χ1v) is 11.2. The summed E-state index contributed by atoms with van der Waals surface area (Å²) in [7, 11) is 1.47. The average Bonchev–Trinajstić information content (AvgIpc) is 3.07. The number of methoxy groups -OCH3 is 1. The first kappa shape index (κ1) is 23.9. The Morgan fingerprint density at radius 3 is 2.44 bits per heavy atom. The van der Waals surface area contributed by atoms with Crippen LogP contribution >= 0.6 is 0 Å². The largest absolute Gasteiger partial charge is 0.496 e. The molecular weight excluding hydrogens is 445 g/mol. The van der Waals surface area contributed by atoms with Gasteiger partial charge in [-0.15, -0.1) is 0 Å².